The Morgan fingerprint density at radius 1 is 1.41 bits per heavy atom. The highest BCUT2D eigenvalue weighted by Gasteiger charge is 2.04. The molecule has 0 aliphatic rings. The third kappa shape index (κ3) is 2.83. The summed E-state index contributed by atoms with van der Waals surface area (Å²) < 4.78 is 1.50. The van der Waals surface area contributed by atoms with Gasteiger partial charge in [-0.15, -0.1) is 0 Å². The molecule has 2 rings (SSSR count). The molecule has 0 saturated carbocycles. The quantitative estimate of drug-likeness (QED) is 0.842. The van der Waals surface area contributed by atoms with E-state index in [1.807, 2.05) is 6.92 Å². The first-order valence-corrected chi connectivity index (χ1v) is 5.26. The van der Waals surface area contributed by atoms with Crippen molar-refractivity contribution < 1.29 is 4.79 Å². The smallest absolute Gasteiger partial charge is 0.225 e. The van der Waals surface area contributed by atoms with Crippen molar-refractivity contribution in [3.8, 4) is 5.82 Å². The zero-order valence-electron chi connectivity index (χ0n) is 9.37. The molecule has 0 aliphatic heterocycles. The number of nitrogens with one attached hydrogen (secondary N) is 1. The number of carbonyl (C=O) groups excluding carboxylic acids is 1. The zero-order chi connectivity index (χ0) is 12.1. The topological polar surface area (TPSA) is 85.6 Å². The lowest BCUT2D eigenvalue weighted by Crippen LogP contribution is -2.12. The van der Waals surface area contributed by atoms with Crippen LogP contribution in [0.15, 0.2) is 25.0 Å². The van der Waals surface area contributed by atoms with Gasteiger partial charge in [0.25, 0.3) is 0 Å². The number of hydrogen-bond acceptors (Lipinski definition) is 5. The standard InChI is InChI=1S/C10H12N6O/c1-2-3-10(17)15-8-4-9(13-6-12-8)16-7-11-5-14-16/h4-7H,2-3H2,1H3,(H,12,13,15,17). The van der Waals surface area contributed by atoms with E-state index in [0.29, 0.717) is 18.1 Å². The minimum absolute atomic E-state index is 0.0595. The highest BCUT2D eigenvalue weighted by molar-refractivity contribution is 5.89. The number of rotatable bonds is 4. The normalized spacial score (nSPS) is 10.2. The van der Waals surface area contributed by atoms with Crippen molar-refractivity contribution in [2.45, 2.75) is 19.8 Å². The molecular weight excluding hydrogens is 220 g/mol. The van der Waals surface area contributed by atoms with Crippen molar-refractivity contribution in [3.63, 3.8) is 0 Å². The number of carbonyl (C=O) groups is 1. The molecule has 7 nitrogen and oxygen atoms in total. The molecule has 0 spiro atoms. The molecule has 0 aliphatic carbocycles. The summed E-state index contributed by atoms with van der Waals surface area (Å²) in [7, 11) is 0. The van der Waals surface area contributed by atoms with Crippen LogP contribution in [0.4, 0.5) is 5.82 Å². The molecule has 17 heavy (non-hydrogen) atoms. The molecule has 88 valence electrons. The maximum absolute atomic E-state index is 11.4. The summed E-state index contributed by atoms with van der Waals surface area (Å²) in [4.78, 5) is 23.2. The van der Waals surface area contributed by atoms with Gasteiger partial charge in [-0.05, 0) is 6.42 Å². The van der Waals surface area contributed by atoms with Crippen LogP contribution in [0.3, 0.4) is 0 Å². The average Bonchev–Trinajstić information content (AvgIpc) is 2.83. The van der Waals surface area contributed by atoms with E-state index in [9.17, 15) is 4.79 Å². The lowest BCUT2D eigenvalue weighted by molar-refractivity contribution is -0.116. The molecule has 1 amide bonds. The van der Waals surface area contributed by atoms with E-state index in [-0.39, 0.29) is 5.91 Å². The summed E-state index contributed by atoms with van der Waals surface area (Å²) in [6, 6.07) is 1.64. The molecule has 0 unspecified atom stereocenters. The Balaban J connectivity index is 2.15. The van der Waals surface area contributed by atoms with Gasteiger partial charge in [-0.1, -0.05) is 6.92 Å². The fraction of sp³-hybridized carbons (Fsp3) is 0.300. The van der Waals surface area contributed by atoms with Gasteiger partial charge in [-0.3, -0.25) is 4.79 Å². The minimum atomic E-state index is -0.0595. The Hall–Kier alpha value is -2.31. The van der Waals surface area contributed by atoms with Crippen LogP contribution in [0.25, 0.3) is 5.82 Å². The molecule has 0 saturated heterocycles. The van der Waals surface area contributed by atoms with E-state index in [0.717, 1.165) is 6.42 Å². The molecule has 0 aromatic carbocycles. The largest absolute Gasteiger partial charge is 0.311 e. The molecule has 0 fully saturated rings. The number of aromatic nitrogens is 5. The van der Waals surface area contributed by atoms with Gasteiger partial charge in [0, 0.05) is 12.5 Å². The molecular formula is C10H12N6O. The molecule has 2 heterocycles. The van der Waals surface area contributed by atoms with E-state index in [1.54, 1.807) is 6.07 Å². The van der Waals surface area contributed by atoms with E-state index in [4.69, 9.17) is 0 Å². The Morgan fingerprint density at radius 2 is 2.29 bits per heavy atom. The van der Waals surface area contributed by atoms with Crippen molar-refractivity contribution in [1.29, 1.82) is 0 Å². The molecule has 1 N–H and O–H groups in total. The molecule has 0 radical (unpaired) electrons. The van der Waals surface area contributed by atoms with Crippen LogP contribution in [0.2, 0.25) is 0 Å². The molecule has 7 heteroatoms. The first-order chi connectivity index (χ1) is 8.29. The second-order valence-electron chi connectivity index (χ2n) is 3.40. The first-order valence-electron chi connectivity index (χ1n) is 5.26. The van der Waals surface area contributed by atoms with Gasteiger partial charge in [0.1, 0.15) is 24.8 Å². The summed E-state index contributed by atoms with van der Waals surface area (Å²) >= 11 is 0. The summed E-state index contributed by atoms with van der Waals surface area (Å²) in [6.45, 7) is 1.94. The van der Waals surface area contributed by atoms with Crippen molar-refractivity contribution in [1.82, 2.24) is 24.7 Å². The fourth-order valence-corrected chi connectivity index (χ4v) is 1.30. The van der Waals surface area contributed by atoms with Gasteiger partial charge in [0.15, 0.2) is 5.82 Å². The summed E-state index contributed by atoms with van der Waals surface area (Å²) in [5, 5.41) is 6.64. The number of nitrogens with zero attached hydrogens (tertiary/aromatic N) is 5. The van der Waals surface area contributed by atoms with Crippen LogP contribution < -0.4 is 5.32 Å². The number of anilines is 1. The molecule has 0 bridgehead atoms. The van der Waals surface area contributed by atoms with Crippen molar-refractivity contribution in [2.75, 3.05) is 5.32 Å². The van der Waals surface area contributed by atoms with Gasteiger partial charge >= 0.3 is 0 Å². The van der Waals surface area contributed by atoms with Crippen molar-refractivity contribution >= 4 is 11.7 Å². The highest BCUT2D eigenvalue weighted by atomic mass is 16.1. The monoisotopic (exact) mass is 232 g/mol. The fourth-order valence-electron chi connectivity index (χ4n) is 1.30. The van der Waals surface area contributed by atoms with E-state index < -0.39 is 0 Å². The van der Waals surface area contributed by atoms with Crippen LogP contribution in [0.1, 0.15) is 19.8 Å². The maximum atomic E-state index is 11.4. The van der Waals surface area contributed by atoms with Crippen LogP contribution in [-0.2, 0) is 4.79 Å². The van der Waals surface area contributed by atoms with Crippen LogP contribution in [0, 0.1) is 0 Å². The lowest BCUT2D eigenvalue weighted by atomic mass is 10.3. The first kappa shape index (κ1) is 11.2. The highest BCUT2D eigenvalue weighted by Crippen LogP contribution is 2.07. The Kier molecular flexibility index (Phi) is 3.39. The summed E-state index contributed by atoms with van der Waals surface area (Å²) in [5.74, 6) is 0.962. The summed E-state index contributed by atoms with van der Waals surface area (Å²) in [5.41, 5.74) is 0. The molecule has 2 aromatic heterocycles. The predicted octanol–water partition coefficient (Wildman–Crippen LogP) is 0.796. The van der Waals surface area contributed by atoms with Crippen molar-refractivity contribution in [3.05, 3.63) is 25.0 Å². The Morgan fingerprint density at radius 3 is 3.00 bits per heavy atom. The van der Waals surface area contributed by atoms with Gasteiger partial charge < -0.3 is 5.32 Å². The maximum Gasteiger partial charge on any atom is 0.225 e. The van der Waals surface area contributed by atoms with Gasteiger partial charge in [-0.2, -0.15) is 5.10 Å². The second kappa shape index (κ2) is 5.15. The Bertz CT molecular complexity index is 495. The molecule has 0 atom stereocenters. The van der Waals surface area contributed by atoms with Gasteiger partial charge in [0.2, 0.25) is 5.91 Å². The summed E-state index contributed by atoms with van der Waals surface area (Å²) in [6.07, 6.45) is 5.59. The van der Waals surface area contributed by atoms with Crippen LogP contribution >= 0.6 is 0 Å². The number of amides is 1. The number of hydrogen-bond donors (Lipinski definition) is 1. The minimum Gasteiger partial charge on any atom is -0.311 e. The molecule has 2 aromatic rings. The van der Waals surface area contributed by atoms with Crippen LogP contribution in [-0.4, -0.2) is 30.6 Å². The second-order valence-corrected chi connectivity index (χ2v) is 3.40. The third-order valence-corrected chi connectivity index (χ3v) is 2.05. The lowest BCUT2D eigenvalue weighted by Gasteiger charge is -2.04. The van der Waals surface area contributed by atoms with Gasteiger partial charge in [0.05, 0.1) is 0 Å². The Labute approximate surface area is 97.9 Å². The van der Waals surface area contributed by atoms with Gasteiger partial charge in [-0.25, -0.2) is 19.6 Å². The van der Waals surface area contributed by atoms with E-state index >= 15 is 0 Å². The van der Waals surface area contributed by atoms with Crippen LogP contribution in [0.5, 0.6) is 0 Å². The third-order valence-electron chi connectivity index (χ3n) is 2.05. The zero-order valence-corrected chi connectivity index (χ0v) is 9.37. The van der Waals surface area contributed by atoms with E-state index in [2.05, 4.69) is 25.4 Å². The average molecular weight is 232 g/mol. The van der Waals surface area contributed by atoms with E-state index in [1.165, 1.54) is 23.7 Å². The SMILES string of the molecule is CCCC(=O)Nc1cc(-n2cncn2)ncn1. The van der Waals surface area contributed by atoms with Crippen molar-refractivity contribution in [2.24, 2.45) is 0 Å². The predicted molar refractivity (Wildman–Crippen MR) is 60.5 cm³/mol.